The van der Waals surface area contributed by atoms with Crippen LogP contribution in [0.5, 0.6) is 0 Å². The van der Waals surface area contributed by atoms with Crippen LogP contribution in [0.15, 0.2) is 53.7 Å². The van der Waals surface area contributed by atoms with Crippen LogP contribution in [0.25, 0.3) is 38.8 Å². The number of aromatic nitrogens is 6. The van der Waals surface area contributed by atoms with Gasteiger partial charge in [-0.2, -0.15) is 20.1 Å². The van der Waals surface area contributed by atoms with Crippen molar-refractivity contribution in [1.29, 1.82) is 5.26 Å². The van der Waals surface area contributed by atoms with E-state index in [0.717, 1.165) is 41.5 Å². The van der Waals surface area contributed by atoms with Crippen molar-refractivity contribution >= 4 is 21.9 Å². The summed E-state index contributed by atoms with van der Waals surface area (Å²) in [6.07, 6.45) is 10.2. The van der Waals surface area contributed by atoms with Gasteiger partial charge in [0.15, 0.2) is 0 Å². The Morgan fingerprint density at radius 2 is 1.97 bits per heavy atom. The Morgan fingerprint density at radius 3 is 2.67 bits per heavy atom. The molecule has 36 heavy (non-hydrogen) atoms. The third-order valence-electron chi connectivity index (χ3n) is 7.68. The first-order chi connectivity index (χ1) is 17.4. The van der Waals surface area contributed by atoms with Crippen LogP contribution in [0.1, 0.15) is 43.9 Å². The zero-order valence-corrected chi connectivity index (χ0v) is 20.3. The van der Waals surface area contributed by atoms with Gasteiger partial charge in [0.2, 0.25) is 0 Å². The first kappa shape index (κ1) is 21.1. The lowest BCUT2D eigenvalue weighted by Crippen LogP contribution is -2.24. The van der Waals surface area contributed by atoms with E-state index in [2.05, 4.69) is 22.7 Å². The second-order valence-corrected chi connectivity index (χ2v) is 10.6. The molecule has 0 atom stereocenters. The van der Waals surface area contributed by atoms with E-state index in [4.69, 9.17) is 10.1 Å². The number of rotatable bonds is 5. The standard InChI is InChI=1S/C28H25N7O/c1-28(9-10-28)23-8-5-18(13-30-23)24-26-25(20(12-29)16-34(26)14-17-3-4-17)32-35(27(24)36)21-6-7-22-19(11-21)15-33(2)31-22/h5-8,11,13,15-17H,3-4,9-10,14H2,1-2H3. The van der Waals surface area contributed by atoms with E-state index < -0.39 is 0 Å². The van der Waals surface area contributed by atoms with Crippen molar-refractivity contribution in [2.45, 2.75) is 44.6 Å². The van der Waals surface area contributed by atoms with Gasteiger partial charge in [0, 0.05) is 54.2 Å². The maximum atomic E-state index is 14.1. The van der Waals surface area contributed by atoms with Crippen LogP contribution in [0.2, 0.25) is 0 Å². The van der Waals surface area contributed by atoms with E-state index in [-0.39, 0.29) is 11.0 Å². The van der Waals surface area contributed by atoms with Gasteiger partial charge < -0.3 is 4.57 Å². The minimum Gasteiger partial charge on any atom is -0.344 e. The molecule has 0 saturated heterocycles. The molecule has 2 fully saturated rings. The Balaban J connectivity index is 1.50. The number of nitriles is 1. The summed E-state index contributed by atoms with van der Waals surface area (Å²) < 4.78 is 5.22. The number of hydrogen-bond acceptors (Lipinski definition) is 5. The Kier molecular flexibility index (Phi) is 4.32. The summed E-state index contributed by atoms with van der Waals surface area (Å²) in [5, 5.41) is 20.1. The topological polar surface area (TPSA) is 94.3 Å². The smallest absolute Gasteiger partial charge is 0.281 e. The molecule has 7 rings (SSSR count). The molecule has 2 aliphatic carbocycles. The van der Waals surface area contributed by atoms with Crippen LogP contribution in [-0.4, -0.2) is 29.1 Å². The molecule has 8 heteroatoms. The molecule has 0 unspecified atom stereocenters. The second-order valence-electron chi connectivity index (χ2n) is 10.6. The summed E-state index contributed by atoms with van der Waals surface area (Å²) in [4.78, 5) is 18.9. The third-order valence-corrected chi connectivity index (χ3v) is 7.68. The number of pyridine rings is 1. The quantitative estimate of drug-likeness (QED) is 0.374. The average molecular weight is 476 g/mol. The highest BCUT2D eigenvalue weighted by Gasteiger charge is 2.40. The van der Waals surface area contributed by atoms with Gasteiger partial charge >= 0.3 is 0 Å². The Labute approximate surface area is 207 Å². The van der Waals surface area contributed by atoms with Crippen LogP contribution in [-0.2, 0) is 19.0 Å². The maximum Gasteiger partial charge on any atom is 0.281 e. The Bertz CT molecular complexity index is 1770. The van der Waals surface area contributed by atoms with Crippen molar-refractivity contribution in [1.82, 2.24) is 29.1 Å². The van der Waals surface area contributed by atoms with Gasteiger partial charge in [-0.05, 0) is 55.9 Å². The normalized spacial score (nSPS) is 16.5. The summed E-state index contributed by atoms with van der Waals surface area (Å²) in [5.74, 6) is 0.575. The fourth-order valence-corrected chi connectivity index (χ4v) is 5.11. The summed E-state index contributed by atoms with van der Waals surface area (Å²) in [6, 6.07) is 12.0. The van der Waals surface area contributed by atoms with E-state index in [9.17, 15) is 10.1 Å². The fourth-order valence-electron chi connectivity index (χ4n) is 5.11. The first-order valence-corrected chi connectivity index (χ1v) is 12.4. The molecule has 0 amide bonds. The van der Waals surface area contributed by atoms with E-state index in [1.54, 1.807) is 4.68 Å². The molecule has 2 aliphatic rings. The average Bonchev–Trinajstić information content (AvgIpc) is 3.78. The van der Waals surface area contributed by atoms with Crippen LogP contribution >= 0.6 is 0 Å². The maximum absolute atomic E-state index is 14.1. The molecule has 178 valence electrons. The van der Waals surface area contributed by atoms with Gasteiger partial charge in [0.1, 0.15) is 11.6 Å². The number of aryl methyl sites for hydroxylation is 1. The molecule has 1 aromatic carbocycles. The number of benzene rings is 1. The molecule has 0 bridgehead atoms. The van der Waals surface area contributed by atoms with Gasteiger partial charge in [0.25, 0.3) is 5.56 Å². The highest BCUT2D eigenvalue weighted by Crippen LogP contribution is 2.46. The lowest BCUT2D eigenvalue weighted by atomic mass is 10.0. The van der Waals surface area contributed by atoms with Gasteiger partial charge in [-0.1, -0.05) is 13.0 Å². The first-order valence-electron chi connectivity index (χ1n) is 12.4. The van der Waals surface area contributed by atoms with E-state index >= 15 is 0 Å². The van der Waals surface area contributed by atoms with Crippen molar-refractivity contribution in [3.8, 4) is 22.9 Å². The fraction of sp³-hybridized carbons (Fsp3) is 0.321. The number of hydrogen-bond donors (Lipinski definition) is 0. The van der Waals surface area contributed by atoms with Crippen molar-refractivity contribution in [3.63, 3.8) is 0 Å². The van der Waals surface area contributed by atoms with E-state index in [0.29, 0.717) is 33.8 Å². The minimum atomic E-state index is -0.224. The number of fused-ring (bicyclic) bond motifs is 2. The lowest BCUT2D eigenvalue weighted by molar-refractivity contribution is 0.646. The van der Waals surface area contributed by atoms with E-state index in [1.165, 1.54) is 17.5 Å². The Hall–Kier alpha value is -4.25. The van der Waals surface area contributed by atoms with Gasteiger partial charge in [-0.25, -0.2) is 0 Å². The zero-order valence-electron chi connectivity index (χ0n) is 20.3. The Morgan fingerprint density at radius 1 is 1.14 bits per heavy atom. The summed E-state index contributed by atoms with van der Waals surface area (Å²) in [7, 11) is 1.87. The SMILES string of the molecule is Cn1cc2cc(-n3nc4c(C#N)cn(CC5CC5)c4c(-c4ccc(C5(C)CC5)nc4)c3=O)ccc2n1. The minimum absolute atomic E-state index is 0.144. The second kappa shape index (κ2) is 7.37. The molecule has 5 aromatic rings. The zero-order chi connectivity index (χ0) is 24.6. The molecule has 2 saturated carbocycles. The van der Waals surface area contributed by atoms with Crippen molar-refractivity contribution in [2.24, 2.45) is 13.0 Å². The van der Waals surface area contributed by atoms with Crippen LogP contribution in [0, 0.1) is 17.2 Å². The van der Waals surface area contributed by atoms with Crippen LogP contribution in [0.4, 0.5) is 0 Å². The molecule has 4 heterocycles. The summed E-state index contributed by atoms with van der Waals surface area (Å²) in [6.45, 7) is 3.00. The third kappa shape index (κ3) is 3.27. The molecule has 0 aliphatic heterocycles. The molecule has 0 N–H and O–H groups in total. The van der Waals surface area contributed by atoms with Crippen molar-refractivity contribution in [2.75, 3.05) is 0 Å². The van der Waals surface area contributed by atoms with Gasteiger partial charge in [0.05, 0.1) is 27.8 Å². The van der Waals surface area contributed by atoms with Crippen LogP contribution in [0.3, 0.4) is 0 Å². The van der Waals surface area contributed by atoms with Crippen LogP contribution < -0.4 is 5.56 Å². The van der Waals surface area contributed by atoms with Gasteiger partial charge in [-0.3, -0.25) is 14.5 Å². The summed E-state index contributed by atoms with van der Waals surface area (Å²) in [5.41, 5.74) is 5.47. The molecule has 4 aromatic heterocycles. The highest BCUT2D eigenvalue weighted by molar-refractivity contribution is 5.95. The van der Waals surface area contributed by atoms with Crippen molar-refractivity contribution in [3.05, 3.63) is 70.5 Å². The predicted octanol–water partition coefficient (Wildman–Crippen LogP) is 4.47. The lowest BCUT2D eigenvalue weighted by Gasteiger charge is -2.13. The molecular formula is C28H25N7O. The van der Waals surface area contributed by atoms with Crippen molar-refractivity contribution < 1.29 is 0 Å². The monoisotopic (exact) mass is 475 g/mol. The largest absolute Gasteiger partial charge is 0.344 e. The van der Waals surface area contributed by atoms with E-state index in [1.807, 2.05) is 56.0 Å². The molecule has 8 nitrogen and oxygen atoms in total. The number of nitrogens with zero attached hydrogens (tertiary/aromatic N) is 7. The van der Waals surface area contributed by atoms with Gasteiger partial charge in [-0.15, -0.1) is 0 Å². The summed E-state index contributed by atoms with van der Waals surface area (Å²) >= 11 is 0. The molecule has 0 spiro atoms. The highest BCUT2D eigenvalue weighted by atomic mass is 16.1. The molecular weight excluding hydrogens is 450 g/mol. The predicted molar refractivity (Wildman–Crippen MR) is 137 cm³/mol. The molecule has 0 radical (unpaired) electrons.